The molecule has 246 valence electrons. The van der Waals surface area contributed by atoms with Crippen LogP contribution in [0.4, 0.5) is 0 Å². The third-order valence-electron chi connectivity index (χ3n) is 9.65. The SMILES string of the molecule is C\C=C/C=C/C(=C\C=C(C)\C=C\c1ccc2c(c1)=CCCC=2)c1ccc2c(c1)c1ccccc1n1c(-c3ccccc3)c(-c3ccccc3)nc21. The second kappa shape index (κ2) is 14.3. The second-order valence-electron chi connectivity index (χ2n) is 13.1. The van der Waals surface area contributed by atoms with Gasteiger partial charge in [0, 0.05) is 21.9 Å². The molecular formula is C49H40N2. The van der Waals surface area contributed by atoms with Crippen LogP contribution in [0.5, 0.6) is 0 Å². The lowest BCUT2D eigenvalue weighted by Gasteiger charge is -2.13. The second-order valence-corrected chi connectivity index (χ2v) is 13.1. The van der Waals surface area contributed by atoms with Gasteiger partial charge < -0.3 is 0 Å². The highest BCUT2D eigenvalue weighted by Gasteiger charge is 2.20. The number of aromatic nitrogens is 2. The lowest BCUT2D eigenvalue weighted by Crippen LogP contribution is -2.26. The molecule has 1 aliphatic rings. The molecule has 0 spiro atoms. The Balaban J connectivity index is 1.27. The standard InChI is InChI=1S/C49H40N2/c1-3-4-7-16-37(29-26-35(2)25-27-36-28-30-38-17-12-13-22-41(38)33-36)42-31-32-44-45(34-42)43-23-14-15-24-46(43)51-48(40-20-10-6-11-21-40)47(50-49(44)51)39-18-8-5-9-19-39/h3-11,14-34H,12-13H2,1-2H3/b4-3-,16-7+,27-25+,35-26+,37-29+. The lowest BCUT2D eigenvalue weighted by molar-refractivity contribution is 1.12. The van der Waals surface area contributed by atoms with Crippen molar-refractivity contribution < 1.29 is 0 Å². The highest BCUT2D eigenvalue weighted by Crippen LogP contribution is 2.39. The van der Waals surface area contributed by atoms with E-state index in [0.717, 1.165) is 63.0 Å². The van der Waals surface area contributed by atoms with Gasteiger partial charge in [0.05, 0.1) is 16.9 Å². The molecule has 0 radical (unpaired) electrons. The van der Waals surface area contributed by atoms with Crippen LogP contribution >= 0.6 is 0 Å². The largest absolute Gasteiger partial charge is 0.291 e. The molecule has 0 atom stereocenters. The Morgan fingerprint density at radius 1 is 0.647 bits per heavy atom. The lowest BCUT2D eigenvalue weighted by atomic mass is 9.98. The molecule has 0 saturated carbocycles. The maximum absolute atomic E-state index is 5.41. The van der Waals surface area contributed by atoms with E-state index in [1.54, 1.807) is 0 Å². The molecule has 2 aromatic heterocycles. The van der Waals surface area contributed by atoms with E-state index in [1.807, 2.05) is 6.92 Å². The fourth-order valence-electron chi connectivity index (χ4n) is 7.09. The zero-order valence-corrected chi connectivity index (χ0v) is 29.1. The summed E-state index contributed by atoms with van der Waals surface area (Å²) >= 11 is 0. The van der Waals surface area contributed by atoms with Crippen molar-refractivity contribution in [3.05, 3.63) is 191 Å². The first-order chi connectivity index (χ1) is 25.2. The molecule has 7 aromatic rings. The van der Waals surface area contributed by atoms with Gasteiger partial charge in [0.2, 0.25) is 0 Å². The van der Waals surface area contributed by atoms with Crippen LogP contribution < -0.4 is 10.4 Å². The maximum Gasteiger partial charge on any atom is 0.146 e. The molecule has 0 N–H and O–H groups in total. The van der Waals surface area contributed by atoms with Crippen molar-refractivity contribution in [2.24, 2.45) is 0 Å². The van der Waals surface area contributed by atoms with E-state index in [-0.39, 0.29) is 0 Å². The average Bonchev–Trinajstić information content (AvgIpc) is 3.60. The smallest absolute Gasteiger partial charge is 0.146 e. The Hall–Kier alpha value is -6.25. The van der Waals surface area contributed by atoms with Crippen LogP contribution in [0.2, 0.25) is 0 Å². The quantitative estimate of drug-likeness (QED) is 0.118. The summed E-state index contributed by atoms with van der Waals surface area (Å²) in [5, 5.41) is 6.19. The first-order valence-corrected chi connectivity index (χ1v) is 17.8. The van der Waals surface area contributed by atoms with E-state index in [2.05, 4.69) is 193 Å². The van der Waals surface area contributed by atoms with E-state index in [0.29, 0.717) is 0 Å². The van der Waals surface area contributed by atoms with Gasteiger partial charge in [-0.15, -0.1) is 0 Å². The average molecular weight is 657 g/mol. The summed E-state index contributed by atoms with van der Waals surface area (Å²) in [4.78, 5) is 5.41. The van der Waals surface area contributed by atoms with Gasteiger partial charge >= 0.3 is 0 Å². The van der Waals surface area contributed by atoms with Crippen LogP contribution in [0.1, 0.15) is 37.8 Å². The number of para-hydroxylation sites is 1. The van der Waals surface area contributed by atoms with E-state index in [4.69, 9.17) is 4.98 Å². The topological polar surface area (TPSA) is 17.3 Å². The summed E-state index contributed by atoms with van der Waals surface area (Å²) < 4.78 is 2.36. The van der Waals surface area contributed by atoms with Crippen molar-refractivity contribution in [3.63, 3.8) is 0 Å². The van der Waals surface area contributed by atoms with Gasteiger partial charge in [0.1, 0.15) is 5.65 Å². The van der Waals surface area contributed by atoms with Crippen molar-refractivity contribution >= 4 is 51.1 Å². The number of hydrogen-bond donors (Lipinski definition) is 0. The third kappa shape index (κ3) is 6.45. The number of rotatable bonds is 8. The number of imidazole rings is 1. The number of fused-ring (bicyclic) bond motifs is 7. The number of nitrogens with zero attached hydrogens (tertiary/aromatic N) is 2. The van der Waals surface area contributed by atoms with E-state index in [1.165, 1.54) is 32.3 Å². The number of benzene rings is 5. The molecule has 2 nitrogen and oxygen atoms in total. The van der Waals surface area contributed by atoms with Crippen LogP contribution in [-0.2, 0) is 0 Å². The predicted molar refractivity (Wildman–Crippen MR) is 220 cm³/mol. The summed E-state index contributed by atoms with van der Waals surface area (Å²) in [6.07, 6.45) is 24.2. The Morgan fingerprint density at radius 2 is 1.39 bits per heavy atom. The van der Waals surface area contributed by atoms with E-state index < -0.39 is 0 Å². The minimum absolute atomic E-state index is 0.960. The van der Waals surface area contributed by atoms with E-state index >= 15 is 0 Å². The van der Waals surface area contributed by atoms with Gasteiger partial charge in [-0.3, -0.25) is 4.40 Å². The fourth-order valence-corrected chi connectivity index (χ4v) is 7.09. The zero-order chi connectivity index (χ0) is 34.6. The van der Waals surface area contributed by atoms with Crippen LogP contribution in [-0.4, -0.2) is 9.38 Å². The summed E-state index contributed by atoms with van der Waals surface area (Å²) in [6.45, 7) is 4.21. The highest BCUT2D eigenvalue weighted by atomic mass is 15.0. The first kappa shape index (κ1) is 32.0. The van der Waals surface area contributed by atoms with Gasteiger partial charge in [-0.2, -0.15) is 0 Å². The molecule has 0 bridgehead atoms. The zero-order valence-electron chi connectivity index (χ0n) is 29.1. The summed E-state index contributed by atoms with van der Waals surface area (Å²) in [5.74, 6) is 0. The number of allylic oxidation sites excluding steroid dienone is 9. The molecule has 5 aromatic carbocycles. The monoisotopic (exact) mass is 656 g/mol. The highest BCUT2D eigenvalue weighted by molar-refractivity contribution is 6.14. The maximum atomic E-state index is 5.41. The van der Waals surface area contributed by atoms with Crippen molar-refractivity contribution in [1.29, 1.82) is 0 Å². The van der Waals surface area contributed by atoms with Crippen LogP contribution in [0.15, 0.2) is 169 Å². The van der Waals surface area contributed by atoms with Gasteiger partial charge in [-0.1, -0.05) is 163 Å². The van der Waals surface area contributed by atoms with Crippen molar-refractivity contribution in [3.8, 4) is 22.5 Å². The summed E-state index contributed by atoms with van der Waals surface area (Å²) in [7, 11) is 0. The van der Waals surface area contributed by atoms with Gasteiger partial charge in [-0.25, -0.2) is 4.98 Å². The van der Waals surface area contributed by atoms with Gasteiger partial charge in [0.25, 0.3) is 0 Å². The third-order valence-corrected chi connectivity index (χ3v) is 9.65. The molecule has 8 rings (SSSR count). The molecule has 0 unspecified atom stereocenters. The van der Waals surface area contributed by atoms with Gasteiger partial charge in [-0.05, 0) is 83.5 Å². The Labute approximate surface area is 299 Å². The first-order valence-electron chi connectivity index (χ1n) is 17.8. The van der Waals surface area contributed by atoms with Crippen LogP contribution in [0, 0.1) is 0 Å². The molecule has 1 aliphatic carbocycles. The van der Waals surface area contributed by atoms with Crippen molar-refractivity contribution in [2.75, 3.05) is 0 Å². The van der Waals surface area contributed by atoms with Crippen LogP contribution in [0.3, 0.4) is 0 Å². The van der Waals surface area contributed by atoms with Crippen LogP contribution in [0.25, 0.3) is 73.6 Å². The fraction of sp³-hybridized carbons (Fsp3) is 0.0816. The van der Waals surface area contributed by atoms with Gasteiger partial charge in [0.15, 0.2) is 0 Å². The molecule has 0 aliphatic heterocycles. The van der Waals surface area contributed by atoms with E-state index in [9.17, 15) is 0 Å². The Bertz CT molecular complexity index is 2680. The molecular weight excluding hydrogens is 617 g/mol. The minimum Gasteiger partial charge on any atom is -0.291 e. The number of hydrogen-bond acceptors (Lipinski definition) is 1. The minimum atomic E-state index is 0.960. The molecule has 0 fully saturated rings. The Kier molecular flexibility index (Phi) is 8.97. The van der Waals surface area contributed by atoms with Crippen molar-refractivity contribution in [1.82, 2.24) is 9.38 Å². The molecule has 51 heavy (non-hydrogen) atoms. The summed E-state index contributed by atoms with van der Waals surface area (Å²) in [6, 6.07) is 43.5. The molecule has 2 heteroatoms. The number of pyridine rings is 1. The predicted octanol–water partition coefficient (Wildman–Crippen LogP) is 11.5. The normalized spacial score (nSPS) is 13.8. The van der Waals surface area contributed by atoms with Crippen molar-refractivity contribution in [2.45, 2.75) is 26.7 Å². The molecule has 0 amide bonds. The summed E-state index contributed by atoms with van der Waals surface area (Å²) in [5.41, 5.74) is 11.1. The molecule has 2 heterocycles. The Morgan fingerprint density at radius 3 is 2.20 bits per heavy atom. The molecule has 0 saturated heterocycles.